The van der Waals surface area contributed by atoms with Gasteiger partial charge in [-0.25, -0.2) is 9.78 Å². The second-order valence-electron chi connectivity index (χ2n) is 6.65. The number of imidazole rings is 1. The lowest BCUT2D eigenvalue weighted by Crippen LogP contribution is -2.27. The van der Waals surface area contributed by atoms with Crippen molar-refractivity contribution in [3.63, 3.8) is 0 Å². The van der Waals surface area contributed by atoms with Crippen molar-refractivity contribution in [3.05, 3.63) is 47.8 Å². The van der Waals surface area contributed by atoms with Gasteiger partial charge in [0, 0.05) is 26.2 Å². The third-order valence-electron chi connectivity index (χ3n) is 4.62. The molecule has 0 spiro atoms. The molecule has 0 aliphatic heterocycles. The molecule has 0 atom stereocenters. The number of aryl methyl sites for hydroxylation is 1. The number of hydrogen-bond donors (Lipinski definition) is 1. The molecule has 7 nitrogen and oxygen atoms in total. The van der Waals surface area contributed by atoms with Crippen molar-refractivity contribution in [2.45, 2.75) is 12.8 Å². The second-order valence-corrected chi connectivity index (χ2v) is 6.65. The highest BCUT2D eigenvalue weighted by atomic mass is 19.4. The van der Waals surface area contributed by atoms with Crippen LogP contribution in [0.5, 0.6) is 5.75 Å². The van der Waals surface area contributed by atoms with E-state index in [1.54, 1.807) is 24.0 Å². The van der Waals surface area contributed by atoms with Crippen LogP contribution in [0, 0.1) is 11.3 Å². The fourth-order valence-corrected chi connectivity index (χ4v) is 3.15. The van der Waals surface area contributed by atoms with E-state index in [1.165, 1.54) is 31.3 Å². The van der Waals surface area contributed by atoms with Crippen molar-refractivity contribution in [1.82, 2.24) is 14.5 Å². The topological polar surface area (TPSA) is 91.4 Å². The van der Waals surface area contributed by atoms with E-state index in [0.717, 1.165) is 4.90 Å². The molecule has 156 valence electrons. The lowest BCUT2D eigenvalue weighted by atomic mass is 9.95. The summed E-state index contributed by atoms with van der Waals surface area (Å²) in [4.78, 5) is 16.5. The molecule has 0 aliphatic rings. The van der Waals surface area contributed by atoms with Gasteiger partial charge >= 0.3 is 12.5 Å². The van der Waals surface area contributed by atoms with Crippen LogP contribution in [0.25, 0.3) is 22.2 Å². The molecule has 0 bridgehead atoms. The molecule has 0 saturated heterocycles. The first kappa shape index (κ1) is 21.0. The number of carbonyl (C=O) groups is 1. The molecule has 3 rings (SSSR count). The van der Waals surface area contributed by atoms with Gasteiger partial charge in [-0.1, -0.05) is 12.1 Å². The predicted molar refractivity (Wildman–Crippen MR) is 102 cm³/mol. The van der Waals surface area contributed by atoms with E-state index >= 15 is 0 Å². The van der Waals surface area contributed by atoms with Crippen molar-refractivity contribution in [2.75, 3.05) is 13.6 Å². The smallest absolute Gasteiger partial charge is 0.465 e. The Bertz CT molecular complexity index is 1130. The van der Waals surface area contributed by atoms with Gasteiger partial charge in [-0.2, -0.15) is 5.26 Å². The normalized spacial score (nSPS) is 11.3. The summed E-state index contributed by atoms with van der Waals surface area (Å²) >= 11 is 0. The van der Waals surface area contributed by atoms with Gasteiger partial charge in [-0.3, -0.25) is 0 Å². The first-order valence-corrected chi connectivity index (χ1v) is 8.78. The maximum atomic E-state index is 12.4. The zero-order valence-electron chi connectivity index (χ0n) is 16.1. The van der Waals surface area contributed by atoms with E-state index in [2.05, 4.69) is 15.8 Å². The quantitative estimate of drug-likeness (QED) is 0.672. The van der Waals surface area contributed by atoms with Crippen LogP contribution in [0.2, 0.25) is 0 Å². The number of hydrogen-bond acceptors (Lipinski definition) is 4. The van der Waals surface area contributed by atoms with Crippen LogP contribution < -0.4 is 4.74 Å². The molecule has 0 radical (unpaired) electrons. The number of alkyl halides is 3. The third-order valence-corrected chi connectivity index (χ3v) is 4.62. The Hall–Kier alpha value is -3.74. The first-order chi connectivity index (χ1) is 14.1. The predicted octanol–water partition coefficient (Wildman–Crippen LogP) is 4.16. The Morgan fingerprint density at radius 3 is 2.57 bits per heavy atom. The molecule has 30 heavy (non-hydrogen) atoms. The number of nitriles is 1. The number of aromatic nitrogens is 2. The minimum atomic E-state index is -4.78. The Kier molecular flexibility index (Phi) is 5.56. The molecule has 0 fully saturated rings. The standard InChI is InChI=1S/C20H17F3N4O3/c1-26(19(28)29)8-7-13-9-15(17-18(16(13)10-24)27(2)11-25-17)12-3-5-14(6-4-12)30-20(21,22)23/h3-6,9,11H,7-8H2,1-2H3,(H,28,29). The maximum Gasteiger partial charge on any atom is 0.573 e. The Morgan fingerprint density at radius 2 is 2.00 bits per heavy atom. The van der Waals surface area contributed by atoms with Crippen molar-refractivity contribution < 1.29 is 27.8 Å². The molecule has 1 aromatic heterocycles. The summed E-state index contributed by atoms with van der Waals surface area (Å²) in [6.07, 6.45) is -4.04. The number of halogens is 3. The number of benzene rings is 2. The summed E-state index contributed by atoms with van der Waals surface area (Å²) in [7, 11) is 3.16. The van der Waals surface area contributed by atoms with E-state index in [4.69, 9.17) is 5.11 Å². The van der Waals surface area contributed by atoms with E-state index < -0.39 is 12.5 Å². The molecular weight excluding hydrogens is 401 g/mol. The van der Waals surface area contributed by atoms with Crippen molar-refractivity contribution >= 4 is 17.1 Å². The zero-order chi connectivity index (χ0) is 22.1. The molecule has 0 aliphatic carbocycles. The lowest BCUT2D eigenvalue weighted by molar-refractivity contribution is -0.274. The first-order valence-electron chi connectivity index (χ1n) is 8.78. The van der Waals surface area contributed by atoms with Crippen LogP contribution in [-0.2, 0) is 13.5 Å². The minimum Gasteiger partial charge on any atom is -0.465 e. The monoisotopic (exact) mass is 418 g/mol. The van der Waals surface area contributed by atoms with Gasteiger partial charge in [0.15, 0.2) is 0 Å². The molecule has 3 aromatic rings. The van der Waals surface area contributed by atoms with E-state index in [9.17, 15) is 23.2 Å². The second kappa shape index (κ2) is 7.94. The van der Waals surface area contributed by atoms with Crippen LogP contribution in [-0.4, -0.2) is 45.6 Å². The molecule has 1 N–H and O–H groups in total. The fraction of sp³-hybridized carbons (Fsp3) is 0.250. The maximum absolute atomic E-state index is 12.4. The number of carboxylic acid groups (broad SMARTS) is 1. The summed E-state index contributed by atoms with van der Waals surface area (Å²) in [6.45, 7) is 0.172. The average molecular weight is 418 g/mol. The molecule has 0 unspecified atom stereocenters. The van der Waals surface area contributed by atoms with Crippen LogP contribution in [0.15, 0.2) is 36.7 Å². The zero-order valence-corrected chi connectivity index (χ0v) is 16.1. The van der Waals surface area contributed by atoms with Crippen molar-refractivity contribution in [2.24, 2.45) is 7.05 Å². The molecule has 1 heterocycles. The number of nitrogens with zero attached hydrogens (tertiary/aromatic N) is 4. The van der Waals surface area contributed by atoms with Gasteiger partial charge in [-0.05, 0) is 35.7 Å². The molecular formula is C20H17F3N4O3. The Labute approximate surface area is 169 Å². The summed E-state index contributed by atoms with van der Waals surface area (Å²) in [6, 6.07) is 9.24. The summed E-state index contributed by atoms with van der Waals surface area (Å²) in [5.41, 5.74) is 3.30. The minimum absolute atomic E-state index is 0.172. The highest BCUT2D eigenvalue weighted by Crippen LogP contribution is 2.34. The van der Waals surface area contributed by atoms with Crippen LogP contribution >= 0.6 is 0 Å². The average Bonchev–Trinajstić information content (AvgIpc) is 3.06. The van der Waals surface area contributed by atoms with Gasteiger partial charge < -0.3 is 19.3 Å². The van der Waals surface area contributed by atoms with Gasteiger partial charge in [0.1, 0.15) is 11.8 Å². The Morgan fingerprint density at radius 1 is 1.33 bits per heavy atom. The van der Waals surface area contributed by atoms with Gasteiger partial charge in [0.05, 0.1) is 22.9 Å². The van der Waals surface area contributed by atoms with E-state index in [0.29, 0.717) is 33.3 Å². The highest BCUT2D eigenvalue weighted by Gasteiger charge is 2.31. The summed E-state index contributed by atoms with van der Waals surface area (Å²) in [5.74, 6) is -0.347. The van der Waals surface area contributed by atoms with Crippen LogP contribution in [0.3, 0.4) is 0 Å². The number of likely N-dealkylation sites (N-methyl/N-ethyl adjacent to an activating group) is 1. The molecule has 1 amide bonds. The van der Waals surface area contributed by atoms with E-state index in [-0.39, 0.29) is 18.7 Å². The number of rotatable bonds is 5. The lowest BCUT2D eigenvalue weighted by Gasteiger charge is -2.15. The highest BCUT2D eigenvalue weighted by molar-refractivity contribution is 5.96. The fourth-order valence-electron chi connectivity index (χ4n) is 3.15. The van der Waals surface area contributed by atoms with Crippen molar-refractivity contribution in [1.29, 1.82) is 5.26 Å². The summed E-state index contributed by atoms with van der Waals surface area (Å²) < 4.78 is 42.8. The van der Waals surface area contributed by atoms with Gasteiger partial charge in [-0.15, -0.1) is 13.2 Å². The van der Waals surface area contributed by atoms with Gasteiger partial charge in [0.25, 0.3) is 0 Å². The number of ether oxygens (including phenoxy) is 1. The molecule has 0 saturated carbocycles. The molecule has 2 aromatic carbocycles. The number of fused-ring (bicyclic) bond motifs is 1. The number of amides is 1. The largest absolute Gasteiger partial charge is 0.573 e. The Balaban J connectivity index is 2.08. The molecule has 10 heteroatoms. The summed E-state index contributed by atoms with van der Waals surface area (Å²) in [5, 5.41) is 18.8. The SMILES string of the molecule is CN(CCc1cc(-c2ccc(OC(F)(F)F)cc2)c2ncn(C)c2c1C#N)C(=O)O. The van der Waals surface area contributed by atoms with Gasteiger partial charge in [0.2, 0.25) is 0 Å². The third kappa shape index (κ3) is 4.30. The van der Waals surface area contributed by atoms with Crippen LogP contribution in [0.1, 0.15) is 11.1 Å². The van der Waals surface area contributed by atoms with E-state index in [1.807, 2.05) is 0 Å². The van der Waals surface area contributed by atoms with Crippen molar-refractivity contribution in [3.8, 4) is 22.9 Å². The van der Waals surface area contributed by atoms with Crippen LogP contribution in [0.4, 0.5) is 18.0 Å².